The standard InChI is InChI=1S/C11H15N3/c1-7-5-8-9(6-12-7)14-10(13-8)11(2,3)4/h5-6H,1-4H3,(H,13,14). The molecular formula is C11H15N3. The van der Waals surface area contributed by atoms with Gasteiger partial charge in [0.1, 0.15) is 5.82 Å². The number of fused-ring (bicyclic) bond motifs is 1. The van der Waals surface area contributed by atoms with Crippen molar-refractivity contribution in [3.63, 3.8) is 0 Å². The Bertz CT molecular complexity index is 463. The summed E-state index contributed by atoms with van der Waals surface area (Å²) in [6, 6.07) is 2.00. The van der Waals surface area contributed by atoms with Crippen LogP contribution in [-0.2, 0) is 5.41 Å². The molecule has 0 aliphatic heterocycles. The lowest BCUT2D eigenvalue weighted by Gasteiger charge is -2.13. The summed E-state index contributed by atoms with van der Waals surface area (Å²) in [5, 5.41) is 0. The lowest BCUT2D eigenvalue weighted by atomic mass is 9.96. The van der Waals surface area contributed by atoms with Crippen molar-refractivity contribution in [2.45, 2.75) is 33.1 Å². The Balaban J connectivity index is 2.63. The Morgan fingerprint density at radius 2 is 2.00 bits per heavy atom. The quantitative estimate of drug-likeness (QED) is 0.692. The first-order chi connectivity index (χ1) is 6.47. The summed E-state index contributed by atoms with van der Waals surface area (Å²) in [6.45, 7) is 8.41. The third-order valence-corrected chi connectivity index (χ3v) is 2.21. The van der Waals surface area contributed by atoms with E-state index in [9.17, 15) is 0 Å². The number of H-pyrrole nitrogens is 1. The van der Waals surface area contributed by atoms with Gasteiger partial charge in [0.25, 0.3) is 0 Å². The zero-order chi connectivity index (χ0) is 10.3. The number of aromatic amines is 1. The summed E-state index contributed by atoms with van der Waals surface area (Å²) in [7, 11) is 0. The molecule has 2 aromatic heterocycles. The number of aromatic nitrogens is 3. The summed E-state index contributed by atoms with van der Waals surface area (Å²) >= 11 is 0. The first-order valence-electron chi connectivity index (χ1n) is 4.80. The van der Waals surface area contributed by atoms with Gasteiger partial charge in [-0.2, -0.15) is 0 Å². The van der Waals surface area contributed by atoms with Gasteiger partial charge in [-0.05, 0) is 13.0 Å². The Morgan fingerprint density at radius 1 is 1.29 bits per heavy atom. The van der Waals surface area contributed by atoms with Crippen molar-refractivity contribution in [2.75, 3.05) is 0 Å². The van der Waals surface area contributed by atoms with Crippen LogP contribution in [-0.4, -0.2) is 15.0 Å². The number of nitrogens with one attached hydrogen (secondary N) is 1. The molecule has 0 bridgehead atoms. The average Bonchev–Trinajstić information content (AvgIpc) is 2.45. The van der Waals surface area contributed by atoms with Crippen LogP contribution in [0.1, 0.15) is 32.3 Å². The SMILES string of the molecule is Cc1cc2nc(C(C)(C)C)[nH]c2cn1. The predicted octanol–water partition coefficient (Wildman–Crippen LogP) is 2.56. The maximum atomic E-state index is 4.55. The molecule has 74 valence electrons. The van der Waals surface area contributed by atoms with Crippen LogP contribution >= 0.6 is 0 Å². The van der Waals surface area contributed by atoms with E-state index in [0.717, 1.165) is 22.6 Å². The van der Waals surface area contributed by atoms with Crippen LogP contribution in [0.2, 0.25) is 0 Å². The molecule has 3 heteroatoms. The number of hydrogen-bond acceptors (Lipinski definition) is 2. The first-order valence-corrected chi connectivity index (χ1v) is 4.80. The summed E-state index contributed by atoms with van der Waals surface area (Å²) in [6.07, 6.45) is 1.84. The van der Waals surface area contributed by atoms with Crippen LogP contribution in [0.5, 0.6) is 0 Å². The molecule has 2 aromatic rings. The van der Waals surface area contributed by atoms with E-state index in [2.05, 4.69) is 35.7 Å². The molecule has 0 spiro atoms. The van der Waals surface area contributed by atoms with E-state index in [1.165, 1.54) is 0 Å². The van der Waals surface area contributed by atoms with Crippen LogP contribution in [0.25, 0.3) is 11.0 Å². The van der Waals surface area contributed by atoms with Crippen molar-refractivity contribution in [1.82, 2.24) is 15.0 Å². The smallest absolute Gasteiger partial charge is 0.112 e. The fraction of sp³-hybridized carbons (Fsp3) is 0.455. The van der Waals surface area contributed by atoms with E-state index in [-0.39, 0.29) is 5.41 Å². The lowest BCUT2D eigenvalue weighted by Crippen LogP contribution is -2.12. The van der Waals surface area contributed by atoms with Crippen molar-refractivity contribution in [2.24, 2.45) is 0 Å². The molecule has 0 aliphatic carbocycles. The molecule has 0 saturated heterocycles. The van der Waals surface area contributed by atoms with Crippen molar-refractivity contribution >= 4 is 11.0 Å². The number of rotatable bonds is 0. The van der Waals surface area contributed by atoms with Gasteiger partial charge in [0.05, 0.1) is 17.2 Å². The number of imidazole rings is 1. The fourth-order valence-corrected chi connectivity index (χ4v) is 1.37. The molecular weight excluding hydrogens is 174 g/mol. The molecule has 0 unspecified atom stereocenters. The molecule has 1 N–H and O–H groups in total. The second-order valence-corrected chi connectivity index (χ2v) is 4.68. The normalized spacial score (nSPS) is 12.3. The Labute approximate surface area is 83.6 Å². The Morgan fingerprint density at radius 3 is 2.64 bits per heavy atom. The molecule has 14 heavy (non-hydrogen) atoms. The minimum atomic E-state index is 0.0624. The number of aryl methyl sites for hydroxylation is 1. The minimum Gasteiger partial charge on any atom is -0.340 e. The van der Waals surface area contributed by atoms with E-state index in [1.807, 2.05) is 19.2 Å². The topological polar surface area (TPSA) is 41.6 Å². The van der Waals surface area contributed by atoms with Gasteiger partial charge in [-0.25, -0.2) is 4.98 Å². The van der Waals surface area contributed by atoms with Crippen LogP contribution in [0, 0.1) is 6.92 Å². The van der Waals surface area contributed by atoms with E-state index >= 15 is 0 Å². The van der Waals surface area contributed by atoms with Crippen LogP contribution in [0.3, 0.4) is 0 Å². The van der Waals surface area contributed by atoms with E-state index < -0.39 is 0 Å². The van der Waals surface area contributed by atoms with Gasteiger partial charge in [0, 0.05) is 11.1 Å². The molecule has 0 radical (unpaired) electrons. The van der Waals surface area contributed by atoms with Crippen LogP contribution < -0.4 is 0 Å². The van der Waals surface area contributed by atoms with Gasteiger partial charge in [-0.3, -0.25) is 4.98 Å². The first kappa shape index (κ1) is 9.19. The number of nitrogens with zero attached hydrogens (tertiary/aromatic N) is 2. The van der Waals surface area contributed by atoms with Gasteiger partial charge in [0.15, 0.2) is 0 Å². The van der Waals surface area contributed by atoms with Gasteiger partial charge in [-0.1, -0.05) is 20.8 Å². The van der Waals surface area contributed by atoms with E-state index in [0.29, 0.717) is 0 Å². The summed E-state index contributed by atoms with van der Waals surface area (Å²) in [5.74, 6) is 1.01. The second kappa shape index (κ2) is 2.80. The van der Waals surface area contributed by atoms with Gasteiger partial charge < -0.3 is 4.98 Å². The lowest BCUT2D eigenvalue weighted by molar-refractivity contribution is 0.554. The maximum Gasteiger partial charge on any atom is 0.112 e. The second-order valence-electron chi connectivity index (χ2n) is 4.68. The van der Waals surface area contributed by atoms with E-state index in [4.69, 9.17) is 0 Å². The molecule has 0 amide bonds. The minimum absolute atomic E-state index is 0.0624. The Hall–Kier alpha value is -1.38. The molecule has 0 aliphatic rings. The number of hydrogen-bond donors (Lipinski definition) is 1. The van der Waals surface area contributed by atoms with Gasteiger partial charge >= 0.3 is 0 Å². The highest BCUT2D eigenvalue weighted by Crippen LogP contribution is 2.21. The molecule has 2 rings (SSSR count). The molecule has 0 saturated carbocycles. The molecule has 0 atom stereocenters. The van der Waals surface area contributed by atoms with Gasteiger partial charge in [-0.15, -0.1) is 0 Å². The zero-order valence-electron chi connectivity index (χ0n) is 9.05. The third-order valence-electron chi connectivity index (χ3n) is 2.21. The summed E-state index contributed by atoms with van der Waals surface area (Å²) < 4.78 is 0. The van der Waals surface area contributed by atoms with Crippen molar-refractivity contribution in [3.05, 3.63) is 23.8 Å². The monoisotopic (exact) mass is 189 g/mol. The Kier molecular flexibility index (Phi) is 1.84. The number of pyridine rings is 1. The van der Waals surface area contributed by atoms with E-state index in [1.54, 1.807) is 0 Å². The van der Waals surface area contributed by atoms with Crippen molar-refractivity contribution in [3.8, 4) is 0 Å². The van der Waals surface area contributed by atoms with Crippen LogP contribution in [0.4, 0.5) is 0 Å². The van der Waals surface area contributed by atoms with Crippen LogP contribution in [0.15, 0.2) is 12.3 Å². The maximum absolute atomic E-state index is 4.55. The summed E-state index contributed by atoms with van der Waals surface area (Å²) in [4.78, 5) is 12.1. The largest absolute Gasteiger partial charge is 0.340 e. The van der Waals surface area contributed by atoms with Crippen molar-refractivity contribution in [1.29, 1.82) is 0 Å². The average molecular weight is 189 g/mol. The molecule has 0 fully saturated rings. The van der Waals surface area contributed by atoms with Crippen molar-refractivity contribution < 1.29 is 0 Å². The molecule has 3 nitrogen and oxygen atoms in total. The highest BCUT2D eigenvalue weighted by Gasteiger charge is 2.17. The predicted molar refractivity (Wildman–Crippen MR) is 57.3 cm³/mol. The fourth-order valence-electron chi connectivity index (χ4n) is 1.37. The molecule has 0 aromatic carbocycles. The summed E-state index contributed by atoms with van der Waals surface area (Å²) in [5.41, 5.74) is 3.08. The van der Waals surface area contributed by atoms with Gasteiger partial charge in [0.2, 0.25) is 0 Å². The highest BCUT2D eigenvalue weighted by molar-refractivity contribution is 5.74. The zero-order valence-corrected chi connectivity index (χ0v) is 9.05. The highest BCUT2D eigenvalue weighted by atomic mass is 14.9. The third kappa shape index (κ3) is 1.50. The molecule has 2 heterocycles.